The molecule has 0 radical (unpaired) electrons. The molecule has 7 atom stereocenters. The van der Waals surface area contributed by atoms with Crippen molar-refractivity contribution in [3.05, 3.63) is 12.7 Å². The maximum absolute atomic E-state index is 14.1. The van der Waals surface area contributed by atoms with E-state index >= 15 is 0 Å². The molecular weight excluding hydrogens is 484 g/mol. The average molecular weight is 515 g/mol. The van der Waals surface area contributed by atoms with E-state index in [0.29, 0.717) is 13.0 Å². The van der Waals surface area contributed by atoms with E-state index in [9.17, 15) is 24.6 Å². The summed E-state index contributed by atoms with van der Waals surface area (Å²) in [7, 11) is 0. The first-order chi connectivity index (χ1) is 14.8. The van der Waals surface area contributed by atoms with Crippen LogP contribution >= 0.6 is 27.7 Å². The van der Waals surface area contributed by atoms with Crippen LogP contribution in [0.2, 0.25) is 0 Å². The minimum Gasteiger partial charge on any atom is -0.481 e. The molecule has 2 amide bonds. The molecule has 0 aromatic rings. The van der Waals surface area contributed by atoms with Crippen molar-refractivity contribution in [2.24, 2.45) is 11.8 Å². The second-order valence-electron chi connectivity index (χ2n) is 9.35. The summed E-state index contributed by atoms with van der Waals surface area (Å²) in [5.74, 6) is -2.98. The summed E-state index contributed by atoms with van der Waals surface area (Å²) in [4.78, 5) is 43.2. The predicted molar refractivity (Wildman–Crippen MR) is 122 cm³/mol. The molecule has 1 saturated carbocycles. The lowest BCUT2D eigenvalue weighted by Crippen LogP contribution is -2.59. The topological polar surface area (TPSA) is 98.2 Å². The Labute approximate surface area is 195 Å². The van der Waals surface area contributed by atoms with Gasteiger partial charge in [-0.2, -0.15) is 0 Å². The molecule has 0 aromatic carbocycles. The molecule has 31 heavy (non-hydrogen) atoms. The Hall–Kier alpha value is -1.06. The van der Waals surface area contributed by atoms with E-state index in [1.165, 1.54) is 16.7 Å². The van der Waals surface area contributed by atoms with Crippen molar-refractivity contribution in [1.29, 1.82) is 0 Å². The van der Waals surface area contributed by atoms with Crippen molar-refractivity contribution in [3.8, 4) is 0 Å². The van der Waals surface area contributed by atoms with Crippen LogP contribution in [0.4, 0.5) is 0 Å². The molecule has 1 spiro atoms. The fourth-order valence-corrected chi connectivity index (χ4v) is 9.89. The molecule has 3 aliphatic heterocycles. The first-order valence-electron chi connectivity index (χ1n) is 11.2. The number of thioether (sulfide) groups is 1. The Bertz CT molecular complexity index is 775. The van der Waals surface area contributed by atoms with Gasteiger partial charge in [0.05, 0.1) is 29.2 Å². The van der Waals surface area contributed by atoms with Crippen LogP contribution in [0.25, 0.3) is 0 Å². The molecular formula is C22H31BrN2O5S. The highest BCUT2D eigenvalue weighted by Crippen LogP contribution is 2.68. The number of rotatable bonds is 7. The summed E-state index contributed by atoms with van der Waals surface area (Å²) in [6.07, 6.45) is 7.46. The van der Waals surface area contributed by atoms with Gasteiger partial charge in [0, 0.05) is 22.7 Å². The minimum absolute atomic E-state index is 0.0649. The third-order valence-electron chi connectivity index (χ3n) is 7.61. The maximum Gasteiger partial charge on any atom is 0.308 e. The average Bonchev–Trinajstić information content (AvgIpc) is 3.35. The second kappa shape index (κ2) is 8.71. The molecule has 2 bridgehead atoms. The van der Waals surface area contributed by atoms with Crippen LogP contribution in [0.3, 0.4) is 0 Å². The van der Waals surface area contributed by atoms with Crippen LogP contribution in [0.5, 0.6) is 0 Å². The van der Waals surface area contributed by atoms with Gasteiger partial charge in [-0.1, -0.05) is 41.3 Å². The molecule has 7 nitrogen and oxygen atoms in total. The molecule has 3 saturated heterocycles. The standard InChI is InChI=1S/C22H31BrN2O5S/c1-3-9-24(13-7-5-4-6-8-13)20(28)18-22-10-14(23)17(31-22)15(21(29)30)16(22)19(27)25(18)12(2)11-26/h3,12-18,26H,1,4-11H2,2H3,(H,29,30)/t12-,14?,15+,16+,17+,18?,22?/m1/s1. The summed E-state index contributed by atoms with van der Waals surface area (Å²) in [5, 5.41) is 19.6. The Kier molecular flexibility index (Phi) is 6.49. The van der Waals surface area contributed by atoms with Crippen LogP contribution in [-0.4, -0.2) is 83.9 Å². The van der Waals surface area contributed by atoms with Crippen LogP contribution in [0, 0.1) is 11.8 Å². The van der Waals surface area contributed by atoms with Crippen molar-refractivity contribution >= 4 is 45.5 Å². The van der Waals surface area contributed by atoms with Gasteiger partial charge in [0.1, 0.15) is 6.04 Å². The highest BCUT2D eigenvalue weighted by Gasteiger charge is 2.76. The molecule has 4 fully saturated rings. The van der Waals surface area contributed by atoms with Crippen molar-refractivity contribution in [2.75, 3.05) is 13.2 Å². The summed E-state index contributed by atoms with van der Waals surface area (Å²) in [6.45, 7) is 5.71. The third kappa shape index (κ3) is 3.46. The molecule has 4 rings (SSSR count). The molecule has 9 heteroatoms. The van der Waals surface area contributed by atoms with Crippen molar-refractivity contribution in [1.82, 2.24) is 9.80 Å². The number of likely N-dealkylation sites (tertiary alicyclic amines) is 1. The lowest BCUT2D eigenvalue weighted by Gasteiger charge is -2.42. The number of hydrogen-bond acceptors (Lipinski definition) is 5. The van der Waals surface area contributed by atoms with Crippen LogP contribution in [-0.2, 0) is 14.4 Å². The van der Waals surface area contributed by atoms with Crippen LogP contribution in [0.15, 0.2) is 12.7 Å². The largest absolute Gasteiger partial charge is 0.481 e. The number of aliphatic hydroxyl groups excluding tert-OH is 1. The number of hydrogen-bond donors (Lipinski definition) is 2. The van der Waals surface area contributed by atoms with Gasteiger partial charge in [-0.3, -0.25) is 14.4 Å². The lowest BCUT2D eigenvalue weighted by molar-refractivity contribution is -0.149. The molecule has 3 heterocycles. The fraction of sp³-hybridized carbons (Fsp3) is 0.773. The number of fused-ring (bicyclic) bond motifs is 1. The zero-order valence-electron chi connectivity index (χ0n) is 17.8. The van der Waals surface area contributed by atoms with E-state index in [1.807, 2.05) is 4.90 Å². The summed E-state index contributed by atoms with van der Waals surface area (Å²) < 4.78 is -0.784. The quantitative estimate of drug-likeness (QED) is 0.399. The van der Waals surface area contributed by atoms with E-state index in [0.717, 1.165) is 32.1 Å². The normalized spacial score (nSPS) is 38.2. The number of halogens is 1. The minimum atomic E-state index is -0.984. The number of carbonyl (C=O) groups excluding carboxylic acids is 2. The van der Waals surface area contributed by atoms with Gasteiger partial charge in [0.2, 0.25) is 11.8 Å². The van der Waals surface area contributed by atoms with Gasteiger partial charge in [0.15, 0.2) is 0 Å². The number of nitrogens with zero attached hydrogens (tertiary/aromatic N) is 2. The monoisotopic (exact) mass is 514 g/mol. The number of carbonyl (C=O) groups is 3. The molecule has 172 valence electrons. The van der Waals surface area contributed by atoms with E-state index in [-0.39, 0.29) is 34.5 Å². The molecule has 3 unspecified atom stereocenters. The first kappa shape index (κ1) is 23.1. The van der Waals surface area contributed by atoms with Gasteiger partial charge in [-0.25, -0.2) is 0 Å². The number of carboxylic acid groups (broad SMARTS) is 1. The van der Waals surface area contributed by atoms with Crippen LogP contribution < -0.4 is 0 Å². The van der Waals surface area contributed by atoms with Gasteiger partial charge < -0.3 is 20.0 Å². The summed E-state index contributed by atoms with van der Waals surface area (Å²) in [5.41, 5.74) is 0. The van der Waals surface area contributed by atoms with Crippen molar-refractivity contribution in [3.63, 3.8) is 0 Å². The number of carboxylic acids is 1. The highest BCUT2D eigenvalue weighted by molar-refractivity contribution is 9.09. The van der Waals surface area contributed by atoms with E-state index in [1.54, 1.807) is 13.0 Å². The Morgan fingerprint density at radius 2 is 2.06 bits per heavy atom. The fourth-order valence-electron chi connectivity index (χ4n) is 6.30. The zero-order chi connectivity index (χ0) is 22.5. The van der Waals surface area contributed by atoms with E-state index < -0.39 is 34.6 Å². The van der Waals surface area contributed by atoms with Gasteiger partial charge in [-0.15, -0.1) is 18.3 Å². The highest BCUT2D eigenvalue weighted by atomic mass is 79.9. The van der Waals surface area contributed by atoms with Gasteiger partial charge in [0.25, 0.3) is 0 Å². The van der Waals surface area contributed by atoms with Gasteiger partial charge >= 0.3 is 5.97 Å². The molecule has 2 N–H and O–H groups in total. The maximum atomic E-state index is 14.1. The second-order valence-corrected chi connectivity index (χ2v) is 12.1. The Morgan fingerprint density at radius 1 is 1.39 bits per heavy atom. The van der Waals surface area contributed by atoms with Gasteiger partial charge in [-0.05, 0) is 26.2 Å². The van der Waals surface area contributed by atoms with Crippen molar-refractivity contribution in [2.45, 2.75) is 78.4 Å². The summed E-state index contributed by atoms with van der Waals surface area (Å²) >= 11 is 5.15. The molecule has 4 aliphatic rings. The Morgan fingerprint density at radius 3 is 2.65 bits per heavy atom. The van der Waals surface area contributed by atoms with E-state index in [2.05, 4.69) is 22.5 Å². The lowest BCUT2D eigenvalue weighted by atomic mass is 9.71. The SMILES string of the molecule is C=CCN(C(=O)C1N([C@H](C)CO)C(=O)[C@@H]2[C@H](C(=O)O)[C@H]3SC12CC3Br)C1CCCCC1. The van der Waals surface area contributed by atoms with E-state index in [4.69, 9.17) is 0 Å². The summed E-state index contributed by atoms with van der Waals surface area (Å²) in [6, 6.07) is -1.22. The number of alkyl halides is 1. The zero-order valence-corrected chi connectivity index (χ0v) is 20.2. The van der Waals surface area contributed by atoms with Crippen molar-refractivity contribution < 1.29 is 24.6 Å². The first-order valence-corrected chi connectivity index (χ1v) is 13.0. The molecule has 0 aromatic heterocycles. The molecule has 1 aliphatic carbocycles. The smallest absolute Gasteiger partial charge is 0.308 e. The number of aliphatic carboxylic acids is 1. The Balaban J connectivity index is 1.77. The third-order valence-corrected chi connectivity index (χ3v) is 10.8. The number of amides is 2. The number of aliphatic hydroxyl groups is 1. The van der Waals surface area contributed by atoms with Crippen LogP contribution in [0.1, 0.15) is 45.4 Å². The predicted octanol–water partition coefficient (Wildman–Crippen LogP) is 2.26.